The lowest BCUT2D eigenvalue weighted by molar-refractivity contribution is -0.275. The van der Waals surface area contributed by atoms with Crippen LogP contribution >= 0.6 is 0 Å². The van der Waals surface area contributed by atoms with Crippen molar-refractivity contribution >= 4 is 16.9 Å². The number of hydrogen-bond donors (Lipinski definition) is 1. The van der Waals surface area contributed by atoms with Crippen LogP contribution < -0.4 is 15.2 Å². The van der Waals surface area contributed by atoms with E-state index >= 15 is 0 Å². The van der Waals surface area contributed by atoms with Gasteiger partial charge in [-0.15, -0.1) is 26.3 Å². The molecule has 0 spiro atoms. The minimum absolute atomic E-state index is 0.00122. The van der Waals surface area contributed by atoms with Gasteiger partial charge in [-0.3, -0.25) is 4.79 Å². The molecule has 1 heterocycles. The highest BCUT2D eigenvalue weighted by Gasteiger charge is 2.36. The van der Waals surface area contributed by atoms with E-state index in [0.29, 0.717) is 0 Å². The Balaban J connectivity index is 2.01. The summed E-state index contributed by atoms with van der Waals surface area (Å²) in [5, 5.41) is 17.9. The van der Waals surface area contributed by atoms with E-state index in [2.05, 4.69) is 19.7 Å². The number of fused-ring (bicyclic) bond motifs is 1. The van der Waals surface area contributed by atoms with E-state index in [9.17, 15) is 36.4 Å². The zero-order valence-corrected chi connectivity index (χ0v) is 16.5. The number of aromatic nitrogens is 3. The van der Waals surface area contributed by atoms with Crippen molar-refractivity contribution < 1.29 is 40.6 Å². The van der Waals surface area contributed by atoms with Crippen LogP contribution in [-0.4, -0.2) is 33.6 Å². The molecule has 2 aromatic carbocycles. The molecular formula is C19H13F6N5O3. The Morgan fingerprint density at radius 1 is 1.00 bits per heavy atom. The van der Waals surface area contributed by atoms with Gasteiger partial charge in [-0.05, 0) is 42.8 Å². The van der Waals surface area contributed by atoms with E-state index in [-0.39, 0.29) is 28.7 Å². The minimum Gasteiger partial charge on any atom is -0.406 e. The van der Waals surface area contributed by atoms with Crippen molar-refractivity contribution in [1.29, 1.82) is 5.26 Å². The van der Waals surface area contributed by atoms with Gasteiger partial charge in [0.1, 0.15) is 27.9 Å². The molecule has 0 saturated heterocycles. The normalized spacial score (nSPS) is 13.9. The lowest BCUT2D eigenvalue weighted by atomic mass is 9.81. The van der Waals surface area contributed by atoms with Crippen molar-refractivity contribution in [2.75, 3.05) is 0 Å². The van der Waals surface area contributed by atoms with Crippen molar-refractivity contribution in [2.24, 2.45) is 5.73 Å². The van der Waals surface area contributed by atoms with Crippen molar-refractivity contribution in [3.63, 3.8) is 0 Å². The molecule has 0 aliphatic heterocycles. The molecule has 0 bridgehead atoms. The summed E-state index contributed by atoms with van der Waals surface area (Å²) in [6, 6.07) is 7.81. The number of ether oxygens (including phenoxy) is 2. The Hall–Kier alpha value is -4.02. The average molecular weight is 473 g/mol. The number of alkyl halides is 6. The van der Waals surface area contributed by atoms with Crippen molar-refractivity contribution in [3.8, 4) is 17.6 Å². The second-order valence-corrected chi connectivity index (χ2v) is 6.99. The molecule has 3 rings (SSSR count). The number of carbonyl (C=O) groups is 1. The van der Waals surface area contributed by atoms with Gasteiger partial charge in [0.2, 0.25) is 5.91 Å². The highest BCUT2D eigenvalue weighted by atomic mass is 19.4. The minimum atomic E-state index is -5.02. The first-order valence-electron chi connectivity index (χ1n) is 8.91. The molecule has 14 heteroatoms. The topological polar surface area (TPSA) is 116 Å². The fourth-order valence-electron chi connectivity index (χ4n) is 3.06. The number of hydrogen-bond acceptors (Lipinski definition) is 6. The van der Waals surface area contributed by atoms with Gasteiger partial charge < -0.3 is 15.2 Å². The zero-order valence-electron chi connectivity index (χ0n) is 16.5. The molecule has 2 N–H and O–H groups in total. The smallest absolute Gasteiger partial charge is 0.406 e. The number of primary amides is 1. The predicted octanol–water partition coefficient (Wildman–Crippen LogP) is 3.81. The van der Waals surface area contributed by atoms with Crippen LogP contribution in [0.15, 0.2) is 36.4 Å². The number of nitriles is 1. The number of nitrogens with two attached hydrogens (primary N) is 1. The van der Waals surface area contributed by atoms with Gasteiger partial charge in [-0.2, -0.15) is 20.3 Å². The Bertz CT molecular complexity index is 1250. The number of carbonyl (C=O) groups excluding carboxylic acids is 1. The second kappa shape index (κ2) is 8.15. The van der Waals surface area contributed by atoms with Crippen LogP contribution in [0.4, 0.5) is 26.3 Å². The van der Waals surface area contributed by atoms with Crippen molar-refractivity contribution in [3.05, 3.63) is 47.5 Å². The van der Waals surface area contributed by atoms with Crippen LogP contribution in [0.3, 0.4) is 0 Å². The van der Waals surface area contributed by atoms with Gasteiger partial charge in [0.15, 0.2) is 0 Å². The first-order chi connectivity index (χ1) is 15.2. The van der Waals surface area contributed by atoms with Gasteiger partial charge >= 0.3 is 12.7 Å². The van der Waals surface area contributed by atoms with E-state index in [4.69, 9.17) is 5.73 Å². The molecule has 1 amide bonds. The lowest BCUT2D eigenvalue weighted by Crippen LogP contribution is -2.31. The third-order valence-electron chi connectivity index (χ3n) is 4.42. The first kappa shape index (κ1) is 23.6. The van der Waals surface area contributed by atoms with Gasteiger partial charge in [0, 0.05) is 11.6 Å². The monoisotopic (exact) mass is 473 g/mol. The molecule has 1 aromatic heterocycles. The number of benzene rings is 2. The quantitative estimate of drug-likeness (QED) is 0.545. The van der Waals surface area contributed by atoms with E-state index in [1.165, 1.54) is 13.0 Å². The van der Waals surface area contributed by atoms with Crippen LogP contribution in [0.5, 0.6) is 11.5 Å². The Morgan fingerprint density at radius 2 is 1.55 bits per heavy atom. The standard InChI is InChI=1S/C19H13F6N5O3/c1-17(8-26,13-6-10(32-18(20,21)22)2-4-12(13)16(27)31)9-30-28-14-5-3-11(7-15(14)29-30)33-19(23,24)25/h2-7H,9H2,1H3,(H2,27,31). The number of nitrogens with zero attached hydrogens (tertiary/aromatic N) is 4. The maximum absolute atomic E-state index is 12.6. The number of halogens is 6. The molecule has 1 unspecified atom stereocenters. The Labute approximate surface area is 181 Å². The zero-order chi connectivity index (χ0) is 24.6. The average Bonchev–Trinajstić information content (AvgIpc) is 3.06. The summed E-state index contributed by atoms with van der Waals surface area (Å²) in [4.78, 5) is 12.8. The summed E-state index contributed by atoms with van der Waals surface area (Å²) < 4.78 is 82.8. The third-order valence-corrected chi connectivity index (χ3v) is 4.42. The van der Waals surface area contributed by atoms with Gasteiger partial charge in [-0.25, -0.2) is 0 Å². The molecule has 8 nitrogen and oxygen atoms in total. The van der Waals surface area contributed by atoms with Crippen molar-refractivity contribution in [2.45, 2.75) is 31.6 Å². The van der Waals surface area contributed by atoms with Crippen LogP contribution in [0.2, 0.25) is 0 Å². The fraction of sp³-hybridized carbons (Fsp3) is 0.263. The Morgan fingerprint density at radius 3 is 2.09 bits per heavy atom. The summed E-state index contributed by atoms with van der Waals surface area (Å²) >= 11 is 0. The van der Waals surface area contributed by atoms with E-state index in [0.717, 1.165) is 35.1 Å². The predicted molar refractivity (Wildman–Crippen MR) is 98.8 cm³/mol. The second-order valence-electron chi connectivity index (χ2n) is 6.99. The number of rotatable bonds is 6. The molecule has 0 radical (unpaired) electrons. The highest BCUT2D eigenvalue weighted by molar-refractivity contribution is 5.95. The molecule has 174 valence electrons. The van der Waals surface area contributed by atoms with Crippen LogP contribution in [-0.2, 0) is 12.0 Å². The fourth-order valence-corrected chi connectivity index (χ4v) is 3.06. The molecular weight excluding hydrogens is 460 g/mol. The highest BCUT2D eigenvalue weighted by Crippen LogP contribution is 2.33. The maximum Gasteiger partial charge on any atom is 0.573 e. The van der Waals surface area contributed by atoms with E-state index in [1.807, 2.05) is 6.07 Å². The van der Waals surface area contributed by atoms with Gasteiger partial charge in [-0.1, -0.05) is 0 Å². The maximum atomic E-state index is 12.6. The molecule has 0 saturated carbocycles. The van der Waals surface area contributed by atoms with Crippen molar-refractivity contribution in [1.82, 2.24) is 15.0 Å². The van der Waals surface area contributed by atoms with E-state index < -0.39 is 35.5 Å². The van der Waals surface area contributed by atoms with Gasteiger partial charge in [0.05, 0.1) is 12.6 Å². The summed E-state index contributed by atoms with van der Waals surface area (Å²) in [7, 11) is 0. The largest absolute Gasteiger partial charge is 0.573 e. The summed E-state index contributed by atoms with van der Waals surface area (Å²) in [5.41, 5.74) is 3.38. The summed E-state index contributed by atoms with van der Waals surface area (Å²) in [6.07, 6.45) is -9.94. The summed E-state index contributed by atoms with van der Waals surface area (Å²) in [6.45, 7) is 0.918. The first-order valence-corrected chi connectivity index (χ1v) is 8.91. The van der Waals surface area contributed by atoms with Crippen LogP contribution in [0.1, 0.15) is 22.8 Å². The molecule has 0 aliphatic rings. The molecule has 3 aromatic rings. The van der Waals surface area contributed by atoms with Gasteiger partial charge in [0.25, 0.3) is 0 Å². The molecule has 33 heavy (non-hydrogen) atoms. The molecule has 0 aliphatic carbocycles. The number of amides is 1. The Kier molecular flexibility index (Phi) is 5.84. The van der Waals surface area contributed by atoms with E-state index in [1.54, 1.807) is 0 Å². The van der Waals surface area contributed by atoms with Crippen LogP contribution in [0.25, 0.3) is 11.0 Å². The molecule has 1 atom stereocenters. The SMILES string of the molecule is CC(C#N)(Cn1nc2ccc(OC(F)(F)F)cc2n1)c1cc(OC(F)(F)F)ccc1C(N)=O. The third kappa shape index (κ3) is 5.62. The summed E-state index contributed by atoms with van der Waals surface area (Å²) in [5.74, 6) is -2.23. The lowest BCUT2D eigenvalue weighted by Gasteiger charge is -2.24. The molecule has 0 fully saturated rings. The van der Waals surface area contributed by atoms with Crippen LogP contribution in [0, 0.1) is 11.3 Å².